The molecule has 8 heteroatoms. The Morgan fingerprint density at radius 1 is 1.18 bits per heavy atom. The van der Waals surface area contributed by atoms with Gasteiger partial charge in [0.15, 0.2) is 0 Å². The molecule has 28 heavy (non-hydrogen) atoms. The van der Waals surface area contributed by atoms with Crippen molar-refractivity contribution >= 4 is 17.0 Å². The molecule has 8 nitrogen and oxygen atoms in total. The van der Waals surface area contributed by atoms with Crippen molar-refractivity contribution in [2.45, 2.75) is 25.2 Å². The Hall–Kier alpha value is -3.23. The third-order valence-electron chi connectivity index (χ3n) is 4.29. The fraction of sp³-hybridized carbons (Fsp3) is 0.250. The number of carbonyl (C=O) groups is 1. The average molecular weight is 383 g/mol. The van der Waals surface area contributed by atoms with Crippen LogP contribution in [0.25, 0.3) is 10.9 Å². The molecule has 1 aromatic heterocycles. The molecular weight excluding hydrogens is 362 g/mol. The zero-order chi connectivity index (χ0) is 19.9. The Labute approximate surface area is 160 Å². The van der Waals surface area contributed by atoms with Crippen LogP contribution in [0.3, 0.4) is 0 Å². The van der Waals surface area contributed by atoms with Gasteiger partial charge in [0.25, 0.3) is 5.56 Å². The van der Waals surface area contributed by atoms with Gasteiger partial charge in [-0.05, 0) is 29.7 Å². The number of benzene rings is 2. The van der Waals surface area contributed by atoms with Crippen molar-refractivity contribution in [3.63, 3.8) is 0 Å². The SMILES string of the molecule is O=C(NCCC(O)C(O)c1ccc2nc[nH]c(=O)c2c1)OCc1ccccc1. The largest absolute Gasteiger partial charge is 0.445 e. The Bertz CT molecular complexity index is 990. The van der Waals surface area contributed by atoms with Crippen LogP contribution in [0.5, 0.6) is 0 Å². The van der Waals surface area contributed by atoms with Gasteiger partial charge in [-0.2, -0.15) is 0 Å². The standard InChI is InChI=1S/C20H21N3O5/c24-17(8-9-21-20(27)28-11-13-4-2-1-3-5-13)18(25)14-6-7-16-15(10-14)19(26)23-12-22-16/h1-7,10,12,17-18,24-25H,8-9,11H2,(H,21,27)(H,22,23,26). The minimum absolute atomic E-state index is 0.114. The third-order valence-corrected chi connectivity index (χ3v) is 4.29. The highest BCUT2D eigenvalue weighted by Crippen LogP contribution is 2.21. The van der Waals surface area contributed by atoms with E-state index in [1.807, 2.05) is 30.3 Å². The number of ether oxygens (including phenoxy) is 1. The van der Waals surface area contributed by atoms with Crippen LogP contribution in [0, 0.1) is 0 Å². The van der Waals surface area contributed by atoms with E-state index in [1.54, 1.807) is 12.1 Å². The lowest BCUT2D eigenvalue weighted by atomic mass is 10.0. The molecule has 0 saturated carbocycles. The molecule has 3 rings (SSSR count). The zero-order valence-electron chi connectivity index (χ0n) is 15.0. The number of H-pyrrole nitrogens is 1. The molecule has 2 unspecified atom stereocenters. The highest BCUT2D eigenvalue weighted by molar-refractivity contribution is 5.78. The van der Waals surface area contributed by atoms with Gasteiger partial charge in [0.05, 0.1) is 23.3 Å². The number of alkyl carbamates (subject to hydrolysis) is 1. The number of amides is 1. The summed E-state index contributed by atoms with van der Waals surface area (Å²) in [7, 11) is 0. The highest BCUT2D eigenvalue weighted by Gasteiger charge is 2.19. The molecule has 2 aromatic carbocycles. The van der Waals surface area contributed by atoms with E-state index in [1.165, 1.54) is 12.4 Å². The molecule has 3 aromatic rings. The Kier molecular flexibility index (Phi) is 6.36. The van der Waals surface area contributed by atoms with Crippen LogP contribution in [-0.4, -0.2) is 38.9 Å². The second-order valence-corrected chi connectivity index (χ2v) is 6.30. The quantitative estimate of drug-likeness (QED) is 0.492. The average Bonchev–Trinajstić information content (AvgIpc) is 2.72. The Balaban J connectivity index is 1.49. The Morgan fingerprint density at radius 2 is 1.96 bits per heavy atom. The number of hydrogen-bond acceptors (Lipinski definition) is 6. The summed E-state index contributed by atoms with van der Waals surface area (Å²) < 4.78 is 5.08. The number of nitrogens with zero attached hydrogens (tertiary/aromatic N) is 1. The van der Waals surface area contributed by atoms with Gasteiger partial charge in [-0.15, -0.1) is 0 Å². The fourth-order valence-corrected chi connectivity index (χ4v) is 2.75. The lowest BCUT2D eigenvalue weighted by Crippen LogP contribution is -2.29. The summed E-state index contributed by atoms with van der Waals surface area (Å²) in [4.78, 5) is 30.0. The van der Waals surface area contributed by atoms with E-state index < -0.39 is 18.3 Å². The monoisotopic (exact) mass is 383 g/mol. The number of carbonyl (C=O) groups excluding carboxylic acids is 1. The van der Waals surface area contributed by atoms with E-state index in [4.69, 9.17) is 4.74 Å². The zero-order valence-corrected chi connectivity index (χ0v) is 15.0. The van der Waals surface area contributed by atoms with Crippen LogP contribution in [0.2, 0.25) is 0 Å². The number of hydrogen-bond donors (Lipinski definition) is 4. The number of rotatable bonds is 7. The number of aliphatic hydroxyl groups excluding tert-OH is 2. The van der Waals surface area contributed by atoms with Crippen molar-refractivity contribution in [1.82, 2.24) is 15.3 Å². The molecule has 0 fully saturated rings. The maximum absolute atomic E-state index is 11.8. The maximum Gasteiger partial charge on any atom is 0.407 e. The van der Waals surface area contributed by atoms with Crippen molar-refractivity contribution in [3.05, 3.63) is 76.3 Å². The third kappa shape index (κ3) is 4.93. The molecule has 0 spiro atoms. The molecule has 0 aliphatic carbocycles. The van der Waals surface area contributed by atoms with Gasteiger partial charge in [-0.3, -0.25) is 4.79 Å². The first-order valence-electron chi connectivity index (χ1n) is 8.82. The van der Waals surface area contributed by atoms with Gasteiger partial charge >= 0.3 is 6.09 Å². The van der Waals surface area contributed by atoms with Crippen LogP contribution in [0.4, 0.5) is 4.79 Å². The fourth-order valence-electron chi connectivity index (χ4n) is 2.75. The first kappa shape index (κ1) is 19.5. The maximum atomic E-state index is 11.8. The molecule has 1 amide bonds. The predicted molar refractivity (Wildman–Crippen MR) is 103 cm³/mol. The molecule has 0 aliphatic rings. The summed E-state index contributed by atoms with van der Waals surface area (Å²) in [5.74, 6) is 0. The summed E-state index contributed by atoms with van der Waals surface area (Å²) in [5.41, 5.74) is 1.44. The molecule has 4 N–H and O–H groups in total. The number of aromatic amines is 1. The van der Waals surface area contributed by atoms with Crippen molar-refractivity contribution in [3.8, 4) is 0 Å². The molecule has 0 saturated heterocycles. The van der Waals surface area contributed by atoms with E-state index in [9.17, 15) is 19.8 Å². The summed E-state index contributed by atoms with van der Waals surface area (Å²) in [6.07, 6.45) is -1.51. The minimum Gasteiger partial charge on any atom is -0.445 e. The van der Waals surface area contributed by atoms with E-state index in [2.05, 4.69) is 15.3 Å². The number of fused-ring (bicyclic) bond motifs is 1. The Morgan fingerprint density at radius 3 is 2.75 bits per heavy atom. The first-order valence-corrected chi connectivity index (χ1v) is 8.82. The molecule has 146 valence electrons. The van der Waals surface area contributed by atoms with E-state index >= 15 is 0 Å². The normalized spacial score (nSPS) is 13.1. The summed E-state index contributed by atoms with van der Waals surface area (Å²) in [5, 5.41) is 23.4. The van der Waals surface area contributed by atoms with Crippen LogP contribution in [0.15, 0.2) is 59.7 Å². The second kappa shape index (κ2) is 9.12. The van der Waals surface area contributed by atoms with Gasteiger partial charge in [0.2, 0.25) is 0 Å². The number of nitrogens with one attached hydrogen (secondary N) is 2. The van der Waals surface area contributed by atoms with Crippen molar-refractivity contribution < 1.29 is 19.7 Å². The highest BCUT2D eigenvalue weighted by atomic mass is 16.5. The predicted octanol–water partition coefficient (Wildman–Crippen LogP) is 1.63. The van der Waals surface area contributed by atoms with Gasteiger partial charge in [-0.25, -0.2) is 9.78 Å². The topological polar surface area (TPSA) is 125 Å². The van der Waals surface area contributed by atoms with Gasteiger partial charge in [-0.1, -0.05) is 36.4 Å². The smallest absolute Gasteiger partial charge is 0.407 e. The number of aromatic nitrogens is 2. The molecule has 0 bridgehead atoms. The molecular formula is C20H21N3O5. The van der Waals surface area contributed by atoms with Gasteiger partial charge < -0.3 is 25.3 Å². The van der Waals surface area contributed by atoms with Crippen LogP contribution < -0.4 is 10.9 Å². The van der Waals surface area contributed by atoms with Crippen molar-refractivity contribution in [1.29, 1.82) is 0 Å². The summed E-state index contributed by atoms with van der Waals surface area (Å²) in [6.45, 7) is 0.277. The lowest BCUT2D eigenvalue weighted by molar-refractivity contribution is 0.0137. The van der Waals surface area contributed by atoms with E-state index in [-0.39, 0.29) is 25.1 Å². The lowest BCUT2D eigenvalue weighted by Gasteiger charge is -2.18. The summed E-state index contributed by atoms with van der Waals surface area (Å²) >= 11 is 0. The molecule has 0 radical (unpaired) electrons. The second-order valence-electron chi connectivity index (χ2n) is 6.30. The van der Waals surface area contributed by atoms with Crippen molar-refractivity contribution in [2.24, 2.45) is 0 Å². The minimum atomic E-state index is -1.20. The van der Waals surface area contributed by atoms with E-state index in [0.29, 0.717) is 16.5 Å². The van der Waals surface area contributed by atoms with Crippen LogP contribution in [0.1, 0.15) is 23.7 Å². The van der Waals surface area contributed by atoms with Gasteiger partial charge in [0.1, 0.15) is 12.7 Å². The van der Waals surface area contributed by atoms with Crippen molar-refractivity contribution in [2.75, 3.05) is 6.54 Å². The van der Waals surface area contributed by atoms with Gasteiger partial charge in [0, 0.05) is 6.54 Å². The van der Waals surface area contributed by atoms with Crippen LogP contribution >= 0.6 is 0 Å². The molecule has 0 aliphatic heterocycles. The van der Waals surface area contributed by atoms with Crippen LogP contribution in [-0.2, 0) is 11.3 Å². The van der Waals surface area contributed by atoms with E-state index in [0.717, 1.165) is 5.56 Å². The summed E-state index contributed by atoms with van der Waals surface area (Å²) in [6, 6.07) is 14.0. The molecule has 2 atom stereocenters. The number of aliphatic hydroxyl groups is 2. The molecule has 1 heterocycles. The first-order chi connectivity index (χ1) is 13.5.